The van der Waals surface area contributed by atoms with Crippen molar-refractivity contribution < 1.29 is 124 Å². The molecule has 0 aromatic heterocycles. The molecule has 18 nitrogen and oxygen atoms in total. The first kappa shape index (κ1) is 70.0. The van der Waals surface area contributed by atoms with Crippen LogP contribution in [0.5, 0.6) is 0 Å². The van der Waals surface area contributed by atoms with Crippen LogP contribution in [0.15, 0.2) is 0 Å². The van der Waals surface area contributed by atoms with E-state index in [1.807, 2.05) is 0 Å². The third kappa shape index (κ3) is 66.4. The molecule has 0 aromatic carbocycles. The van der Waals surface area contributed by atoms with Gasteiger partial charge in [-0.15, -0.1) is 24.0 Å². The van der Waals surface area contributed by atoms with Crippen molar-refractivity contribution in [2.45, 2.75) is 99.3 Å². The molecule has 0 saturated carbocycles. The van der Waals surface area contributed by atoms with E-state index in [0.717, 1.165) is 0 Å². The zero-order valence-corrected chi connectivity index (χ0v) is 36.8. The van der Waals surface area contributed by atoms with Crippen LogP contribution in [-0.2, 0) is 68.5 Å². The summed E-state index contributed by atoms with van der Waals surface area (Å²) in [5, 5.41) is 8.21. The molecule has 4 N–H and O–H groups in total. The Morgan fingerprint density at radius 1 is 0.642 bits per heavy atom. The van der Waals surface area contributed by atoms with E-state index in [1.54, 1.807) is 20.8 Å². The van der Waals surface area contributed by atoms with Gasteiger partial charge in [-0.1, -0.05) is 20.3 Å². The molecule has 316 valence electrons. The predicted octanol–water partition coefficient (Wildman–Crippen LogP) is -2.21. The van der Waals surface area contributed by atoms with Crippen molar-refractivity contribution in [3.8, 4) is 0 Å². The van der Waals surface area contributed by atoms with Crippen LogP contribution in [0.1, 0.15) is 99.3 Å². The van der Waals surface area contributed by atoms with Crippen molar-refractivity contribution >= 4 is 84.0 Å². The van der Waals surface area contributed by atoms with Gasteiger partial charge in [0.2, 0.25) is 0 Å². The Hall–Kier alpha value is -0.850. The third-order valence-electron chi connectivity index (χ3n) is 5.06. The number of aliphatic carboxylic acids is 1. The Morgan fingerprint density at radius 3 is 1.30 bits per heavy atom. The van der Waals surface area contributed by atoms with E-state index in [2.05, 4.69) is 4.74 Å². The number of hydrogen-bond donors (Lipinski definition) is 4. The molecule has 0 bridgehead atoms. The number of ketones is 1. The van der Waals surface area contributed by atoms with Gasteiger partial charge in [0.1, 0.15) is 12.2 Å². The number of unbranched alkanes of at least 4 members (excludes halogenated alkanes) is 4. The Bertz CT molecular complexity index is 1260. The number of ether oxygens (including phenoxy) is 3. The van der Waals surface area contributed by atoms with Crippen LogP contribution in [0.4, 0.5) is 0 Å². The molecule has 0 atom stereocenters. The summed E-state index contributed by atoms with van der Waals surface area (Å²) in [5.41, 5.74) is 0. The third-order valence-corrected chi connectivity index (χ3v) is 7.75. The van der Waals surface area contributed by atoms with E-state index in [4.69, 9.17) is 39.8 Å². The van der Waals surface area contributed by atoms with Gasteiger partial charge in [-0.05, 0) is 66.2 Å². The maximum Gasteiger partial charge on any atom is 1.00 e. The fourth-order valence-corrected chi connectivity index (χ4v) is 4.88. The van der Waals surface area contributed by atoms with Crippen LogP contribution < -0.4 is 42.0 Å². The van der Waals surface area contributed by atoms with Crippen molar-refractivity contribution in [2.24, 2.45) is 5.92 Å². The molecule has 0 aliphatic carbocycles. The second-order valence-corrected chi connectivity index (χ2v) is 14.8. The van der Waals surface area contributed by atoms with Crippen molar-refractivity contribution in [3.63, 3.8) is 0 Å². The van der Waals surface area contributed by atoms with Crippen molar-refractivity contribution in [1.82, 2.24) is 0 Å². The average molecular weight is 906 g/mol. The van der Waals surface area contributed by atoms with Crippen LogP contribution in [0.25, 0.3) is 0 Å². The second-order valence-electron chi connectivity index (χ2n) is 9.69. The zero-order valence-electron chi connectivity index (χ0n) is 30.0. The summed E-state index contributed by atoms with van der Waals surface area (Å²) in [6.45, 7) is 6.96. The van der Waals surface area contributed by atoms with Gasteiger partial charge in [0.25, 0.3) is 30.4 Å². The van der Waals surface area contributed by atoms with Gasteiger partial charge >= 0.3 is 53.4 Å². The number of Topliss-reactive ketones (excluding diaryl/α,β-unsaturated/α-hetero) is 1. The first-order chi connectivity index (χ1) is 22.5. The van der Waals surface area contributed by atoms with E-state index < -0.39 is 65.9 Å². The monoisotopic (exact) mass is 904 g/mol. The minimum absolute atomic E-state index is 0. The molecule has 0 aliphatic rings. The molecule has 0 rings (SSSR count). The number of carboxylic acid groups (broad SMARTS) is 1. The van der Waals surface area contributed by atoms with Crippen LogP contribution in [-0.4, -0.2) is 117 Å². The normalized spacial score (nSPS) is 10.1. The number of halogens is 3. The molecule has 0 heterocycles. The first-order valence-electron chi connectivity index (χ1n) is 15.1. The Labute approximate surface area is 353 Å². The molecule has 53 heavy (non-hydrogen) atoms. The summed E-state index contributed by atoms with van der Waals surface area (Å²) in [7, 11) is -11.6. The SMILES string of the molecule is C.CCOC(=O)C(CCCCS(=O)(=O)O)C(=O)OCC.CCOC(=O)CC(C)=O.Cl.O=C(O)CCCCCS(=O)(=O)O.O=S(=O)(O)CCCCCl.[Cl-].[Na+]. The molecule has 25 heteroatoms. The van der Waals surface area contributed by atoms with Gasteiger partial charge in [-0.25, -0.2) is 0 Å². The number of rotatable bonds is 22. The number of carbonyl (C=O) groups is 5. The van der Waals surface area contributed by atoms with Gasteiger partial charge < -0.3 is 31.7 Å². The van der Waals surface area contributed by atoms with E-state index in [9.17, 15) is 49.2 Å². The topological polar surface area (TPSA) is 296 Å². The maximum absolute atomic E-state index is 11.6. The van der Waals surface area contributed by atoms with Crippen molar-refractivity contribution in [3.05, 3.63) is 0 Å². The molecule has 0 saturated heterocycles. The predicted molar refractivity (Wildman–Crippen MR) is 192 cm³/mol. The fraction of sp³-hybridized carbons (Fsp3) is 0.821. The second kappa shape index (κ2) is 42.3. The summed E-state index contributed by atoms with van der Waals surface area (Å²) < 4.78 is 100. The fourth-order valence-electron chi connectivity index (χ4n) is 2.98. The molecule has 0 radical (unpaired) electrons. The number of hydrogen-bond acceptors (Lipinski definition) is 14. The number of carboxylic acids is 1. The first-order valence-corrected chi connectivity index (χ1v) is 20.4. The molecule has 0 spiro atoms. The molecule has 0 unspecified atom stereocenters. The molecular weight excluding hydrogens is 850 g/mol. The Morgan fingerprint density at radius 2 is 1.00 bits per heavy atom. The number of carbonyl (C=O) groups excluding carboxylic acids is 4. The molecule has 0 fully saturated rings. The molecule has 0 amide bonds. The average Bonchev–Trinajstić information content (AvgIpc) is 2.92. The van der Waals surface area contributed by atoms with E-state index in [-0.39, 0.29) is 118 Å². The molecular formula is C28H56Cl3NaO18S3. The van der Waals surface area contributed by atoms with Crippen LogP contribution in [0.3, 0.4) is 0 Å². The largest absolute Gasteiger partial charge is 1.00 e. The van der Waals surface area contributed by atoms with Crippen LogP contribution in [0.2, 0.25) is 0 Å². The van der Waals surface area contributed by atoms with Gasteiger partial charge in [-0.3, -0.25) is 37.6 Å². The van der Waals surface area contributed by atoms with E-state index >= 15 is 0 Å². The minimum atomic E-state index is -4.02. The van der Waals surface area contributed by atoms with Crippen molar-refractivity contribution in [2.75, 3.05) is 43.0 Å². The smallest absolute Gasteiger partial charge is 1.00 e. The maximum atomic E-state index is 11.6. The summed E-state index contributed by atoms with van der Waals surface area (Å²) in [4.78, 5) is 53.8. The summed E-state index contributed by atoms with van der Waals surface area (Å²) >= 11 is 5.25. The van der Waals surface area contributed by atoms with Gasteiger partial charge in [-0.2, -0.15) is 25.3 Å². The number of alkyl halides is 1. The summed E-state index contributed by atoms with van der Waals surface area (Å²) in [6, 6.07) is 0. The minimum Gasteiger partial charge on any atom is -1.00 e. The molecule has 0 aliphatic heterocycles. The van der Waals surface area contributed by atoms with E-state index in [1.165, 1.54) is 6.92 Å². The number of esters is 3. The van der Waals surface area contributed by atoms with Crippen LogP contribution >= 0.6 is 24.0 Å². The van der Waals surface area contributed by atoms with Crippen LogP contribution in [0, 0.1) is 5.92 Å². The van der Waals surface area contributed by atoms with Crippen molar-refractivity contribution in [1.29, 1.82) is 0 Å². The zero-order chi connectivity index (χ0) is 39.1. The summed E-state index contributed by atoms with van der Waals surface area (Å²) in [6.07, 6.45) is 2.86. The quantitative estimate of drug-likeness (QED) is 0.0170. The van der Waals surface area contributed by atoms with Gasteiger partial charge in [0, 0.05) is 12.3 Å². The summed E-state index contributed by atoms with van der Waals surface area (Å²) in [5.74, 6) is -4.30. The van der Waals surface area contributed by atoms with Gasteiger partial charge in [0.15, 0.2) is 5.92 Å². The Balaban J connectivity index is -0.0000000871. The van der Waals surface area contributed by atoms with E-state index in [0.29, 0.717) is 51.0 Å². The Kier molecular flexibility index (Phi) is 55.9. The standard InChI is InChI=1S/C11H20O7S.C6H12O5S.C6H10O3.C4H9ClO3S.CH4.2ClH.Na/c1-3-17-10(12)9(11(13)18-4-2)7-5-6-8-19(14,15)16;7-6(8)4-2-1-3-5-12(9,10)11;1-3-9-6(8)4-5(2)7;5-3-1-2-4-9(6,7)8;;;;/h9H,3-8H2,1-2H3,(H,14,15,16);1-5H2,(H,7,8)(H,9,10,11);3-4H2,1-2H3;1-4H2,(H,6,7,8);1H4;2*1H;/q;;;;;;;+1/p-1. The molecule has 0 aromatic rings. The van der Waals surface area contributed by atoms with Gasteiger partial charge in [0.05, 0.1) is 37.1 Å².